The van der Waals surface area contributed by atoms with Gasteiger partial charge in [-0.25, -0.2) is 0 Å². The largest absolute Gasteiger partial charge is 0.396 e. The highest BCUT2D eigenvalue weighted by Crippen LogP contribution is 2.06. The first-order valence-corrected chi connectivity index (χ1v) is 5.55. The standard InChI is InChI=1S/C11H25NO2/c1-4-12(10-11(2,3)14)8-6-5-7-9-13/h13-14H,4-10H2,1-3H3. The van der Waals surface area contributed by atoms with E-state index in [-0.39, 0.29) is 6.61 Å². The van der Waals surface area contributed by atoms with E-state index in [2.05, 4.69) is 11.8 Å². The Hall–Kier alpha value is -0.120. The molecule has 0 amide bonds. The summed E-state index contributed by atoms with van der Waals surface area (Å²) in [6.45, 7) is 8.79. The molecule has 0 saturated heterocycles. The zero-order valence-electron chi connectivity index (χ0n) is 9.79. The molecule has 0 spiro atoms. The minimum atomic E-state index is -0.604. The lowest BCUT2D eigenvalue weighted by atomic mass is 10.1. The molecule has 14 heavy (non-hydrogen) atoms. The lowest BCUT2D eigenvalue weighted by Gasteiger charge is -2.27. The lowest BCUT2D eigenvalue weighted by Crippen LogP contribution is -2.39. The summed E-state index contributed by atoms with van der Waals surface area (Å²) in [5.41, 5.74) is -0.604. The first kappa shape index (κ1) is 13.9. The van der Waals surface area contributed by atoms with Gasteiger partial charge in [-0.3, -0.25) is 0 Å². The number of rotatable bonds is 8. The fourth-order valence-electron chi connectivity index (χ4n) is 1.52. The van der Waals surface area contributed by atoms with E-state index in [0.717, 1.165) is 38.9 Å². The molecule has 0 fully saturated rings. The summed E-state index contributed by atoms with van der Waals surface area (Å²) in [6, 6.07) is 0. The van der Waals surface area contributed by atoms with Crippen molar-refractivity contribution in [3.8, 4) is 0 Å². The highest BCUT2D eigenvalue weighted by Gasteiger charge is 2.16. The second-order valence-electron chi connectivity index (χ2n) is 4.47. The summed E-state index contributed by atoms with van der Waals surface area (Å²) in [5.74, 6) is 0. The van der Waals surface area contributed by atoms with Crippen molar-refractivity contribution in [2.45, 2.75) is 45.6 Å². The quantitative estimate of drug-likeness (QED) is 0.583. The Morgan fingerprint density at radius 3 is 2.21 bits per heavy atom. The van der Waals surface area contributed by atoms with E-state index < -0.39 is 5.60 Å². The number of nitrogens with zero attached hydrogens (tertiary/aromatic N) is 1. The van der Waals surface area contributed by atoms with Crippen LogP contribution in [0, 0.1) is 0 Å². The van der Waals surface area contributed by atoms with Crippen LogP contribution in [0.15, 0.2) is 0 Å². The Kier molecular flexibility index (Phi) is 7.15. The van der Waals surface area contributed by atoms with E-state index in [9.17, 15) is 5.11 Å². The first-order chi connectivity index (χ1) is 6.49. The maximum Gasteiger partial charge on any atom is 0.0718 e. The van der Waals surface area contributed by atoms with Crippen molar-refractivity contribution >= 4 is 0 Å². The highest BCUT2D eigenvalue weighted by atomic mass is 16.3. The van der Waals surface area contributed by atoms with E-state index in [0.29, 0.717) is 0 Å². The molecule has 0 aliphatic rings. The summed E-state index contributed by atoms with van der Waals surface area (Å²) in [6.07, 6.45) is 3.06. The van der Waals surface area contributed by atoms with E-state index >= 15 is 0 Å². The molecule has 0 unspecified atom stereocenters. The van der Waals surface area contributed by atoms with Crippen LogP contribution in [0.3, 0.4) is 0 Å². The average molecular weight is 203 g/mol. The molecule has 0 bridgehead atoms. The van der Waals surface area contributed by atoms with Gasteiger partial charge in [-0.2, -0.15) is 0 Å². The Labute approximate surface area is 87.7 Å². The van der Waals surface area contributed by atoms with Crippen LogP contribution < -0.4 is 0 Å². The summed E-state index contributed by atoms with van der Waals surface area (Å²) >= 11 is 0. The molecule has 2 N–H and O–H groups in total. The molecular weight excluding hydrogens is 178 g/mol. The third-order valence-electron chi connectivity index (χ3n) is 2.19. The third kappa shape index (κ3) is 8.48. The minimum Gasteiger partial charge on any atom is -0.396 e. The van der Waals surface area contributed by atoms with Gasteiger partial charge >= 0.3 is 0 Å². The molecule has 3 nitrogen and oxygen atoms in total. The zero-order chi connectivity index (χ0) is 11.0. The molecule has 0 saturated carbocycles. The smallest absolute Gasteiger partial charge is 0.0718 e. The van der Waals surface area contributed by atoms with E-state index in [1.165, 1.54) is 0 Å². The summed E-state index contributed by atoms with van der Waals surface area (Å²) in [7, 11) is 0. The van der Waals surface area contributed by atoms with Gasteiger partial charge in [-0.1, -0.05) is 6.92 Å². The Morgan fingerprint density at radius 2 is 1.79 bits per heavy atom. The van der Waals surface area contributed by atoms with E-state index in [1.807, 2.05) is 13.8 Å². The van der Waals surface area contributed by atoms with Gasteiger partial charge < -0.3 is 15.1 Å². The fraction of sp³-hybridized carbons (Fsp3) is 1.00. The van der Waals surface area contributed by atoms with Crippen LogP contribution in [0.1, 0.15) is 40.0 Å². The molecule has 0 heterocycles. The SMILES string of the molecule is CCN(CCCCCO)CC(C)(C)O. The van der Waals surface area contributed by atoms with Crippen LogP contribution in [0.2, 0.25) is 0 Å². The van der Waals surface area contributed by atoms with Gasteiger partial charge in [-0.15, -0.1) is 0 Å². The molecule has 0 atom stereocenters. The van der Waals surface area contributed by atoms with Crippen LogP contribution in [0.25, 0.3) is 0 Å². The minimum absolute atomic E-state index is 0.289. The van der Waals surface area contributed by atoms with Gasteiger partial charge in [0, 0.05) is 13.2 Å². The Balaban J connectivity index is 3.58. The molecule has 0 radical (unpaired) electrons. The number of hydrogen-bond acceptors (Lipinski definition) is 3. The lowest BCUT2D eigenvalue weighted by molar-refractivity contribution is 0.0372. The first-order valence-electron chi connectivity index (χ1n) is 5.55. The van der Waals surface area contributed by atoms with Crippen molar-refractivity contribution in [2.24, 2.45) is 0 Å². The molecule has 0 rings (SSSR count). The van der Waals surface area contributed by atoms with Crippen molar-refractivity contribution in [1.29, 1.82) is 0 Å². The van der Waals surface area contributed by atoms with Crippen LogP contribution in [-0.4, -0.2) is 47.0 Å². The third-order valence-corrected chi connectivity index (χ3v) is 2.19. The number of unbranched alkanes of at least 4 members (excludes halogenated alkanes) is 2. The molecule has 86 valence electrons. The number of aliphatic hydroxyl groups is 2. The van der Waals surface area contributed by atoms with Gasteiger partial charge in [0.05, 0.1) is 5.60 Å². The van der Waals surface area contributed by atoms with Crippen molar-refractivity contribution in [3.05, 3.63) is 0 Å². The second kappa shape index (κ2) is 7.21. The molecule has 3 heteroatoms. The maximum atomic E-state index is 9.64. The second-order valence-corrected chi connectivity index (χ2v) is 4.47. The van der Waals surface area contributed by atoms with Crippen LogP contribution in [0.4, 0.5) is 0 Å². The van der Waals surface area contributed by atoms with Crippen molar-refractivity contribution in [3.63, 3.8) is 0 Å². The average Bonchev–Trinajstić information content (AvgIpc) is 2.08. The summed E-state index contributed by atoms with van der Waals surface area (Å²) in [5, 5.41) is 18.3. The van der Waals surface area contributed by atoms with E-state index in [1.54, 1.807) is 0 Å². The van der Waals surface area contributed by atoms with Gasteiger partial charge in [-0.05, 0) is 46.2 Å². The predicted molar refractivity (Wildman–Crippen MR) is 59.3 cm³/mol. The molecular formula is C11H25NO2. The molecule has 0 aromatic rings. The van der Waals surface area contributed by atoms with Gasteiger partial charge in [0.2, 0.25) is 0 Å². The van der Waals surface area contributed by atoms with Gasteiger partial charge in [0.25, 0.3) is 0 Å². The van der Waals surface area contributed by atoms with Gasteiger partial charge in [0.1, 0.15) is 0 Å². The molecule has 0 aromatic heterocycles. The topological polar surface area (TPSA) is 43.7 Å². The van der Waals surface area contributed by atoms with E-state index in [4.69, 9.17) is 5.11 Å². The fourth-order valence-corrected chi connectivity index (χ4v) is 1.52. The molecule has 0 aliphatic carbocycles. The normalized spacial score (nSPS) is 12.4. The van der Waals surface area contributed by atoms with Crippen LogP contribution in [-0.2, 0) is 0 Å². The number of aliphatic hydroxyl groups excluding tert-OH is 1. The summed E-state index contributed by atoms with van der Waals surface area (Å²) < 4.78 is 0. The van der Waals surface area contributed by atoms with Crippen molar-refractivity contribution < 1.29 is 10.2 Å². The number of likely N-dealkylation sites (N-methyl/N-ethyl adjacent to an activating group) is 1. The predicted octanol–water partition coefficient (Wildman–Crippen LogP) is 1.24. The monoisotopic (exact) mass is 203 g/mol. The molecule has 0 aromatic carbocycles. The van der Waals surface area contributed by atoms with Crippen LogP contribution >= 0.6 is 0 Å². The maximum absolute atomic E-state index is 9.64. The summed E-state index contributed by atoms with van der Waals surface area (Å²) in [4.78, 5) is 2.25. The van der Waals surface area contributed by atoms with Crippen molar-refractivity contribution in [1.82, 2.24) is 4.90 Å². The Morgan fingerprint density at radius 1 is 1.14 bits per heavy atom. The molecule has 0 aliphatic heterocycles. The highest BCUT2D eigenvalue weighted by molar-refractivity contribution is 4.71. The number of hydrogen-bond donors (Lipinski definition) is 2. The zero-order valence-corrected chi connectivity index (χ0v) is 9.79. The van der Waals surface area contributed by atoms with Crippen molar-refractivity contribution in [2.75, 3.05) is 26.2 Å². The van der Waals surface area contributed by atoms with Crippen LogP contribution in [0.5, 0.6) is 0 Å². The Bertz CT molecular complexity index is 132. The van der Waals surface area contributed by atoms with Gasteiger partial charge in [0.15, 0.2) is 0 Å².